The van der Waals surface area contributed by atoms with E-state index in [9.17, 15) is 0 Å². The van der Waals surface area contributed by atoms with Crippen molar-refractivity contribution in [3.63, 3.8) is 0 Å². The molecule has 0 spiro atoms. The van der Waals surface area contributed by atoms with Gasteiger partial charge in [-0.25, -0.2) is 0 Å². The molecule has 0 saturated heterocycles. The fraction of sp³-hybridized carbons (Fsp3) is 0.714. The minimum atomic E-state index is 0. The topological polar surface area (TPSA) is 0 Å². The number of hydrogen-bond acceptors (Lipinski definition) is 0. The van der Waals surface area contributed by atoms with Crippen LogP contribution in [0.4, 0.5) is 0 Å². The summed E-state index contributed by atoms with van der Waals surface area (Å²) in [6.07, 6.45) is 15.9. The van der Waals surface area contributed by atoms with Gasteiger partial charge in [0.05, 0.1) is 0 Å². The van der Waals surface area contributed by atoms with Crippen molar-refractivity contribution in [3.05, 3.63) is 28.8 Å². The molecule has 23 heavy (non-hydrogen) atoms. The molecule has 134 valence electrons. The molecule has 0 aromatic heterocycles. The molecule has 0 bridgehead atoms. The highest BCUT2D eigenvalue weighted by atomic mass is 127. The van der Waals surface area contributed by atoms with Gasteiger partial charge in [-0.1, -0.05) is 71.4 Å². The average molecular weight is 448 g/mol. The van der Waals surface area contributed by atoms with Crippen LogP contribution in [0.5, 0.6) is 0 Å². The van der Waals surface area contributed by atoms with Crippen molar-refractivity contribution >= 4 is 38.5 Å². The first-order valence-corrected chi connectivity index (χ1v) is 10.2. The van der Waals surface area contributed by atoms with Gasteiger partial charge in [-0.3, -0.25) is 0 Å². The van der Waals surface area contributed by atoms with Crippen molar-refractivity contribution in [2.24, 2.45) is 0 Å². The Kier molecular flexibility index (Phi) is 14.9. The van der Waals surface area contributed by atoms with Gasteiger partial charge in [-0.15, -0.1) is 33.2 Å². The van der Waals surface area contributed by atoms with Crippen LogP contribution in [-0.4, -0.2) is 0 Å². The molecule has 0 radical (unpaired) electrons. The number of aryl methyl sites for hydroxylation is 1. The van der Waals surface area contributed by atoms with Gasteiger partial charge in [0.2, 0.25) is 0 Å². The molecule has 1 unspecified atom stereocenters. The summed E-state index contributed by atoms with van der Waals surface area (Å²) in [6.45, 7) is 6.89. The fourth-order valence-corrected chi connectivity index (χ4v) is 3.68. The quantitative estimate of drug-likeness (QED) is 0.183. The lowest BCUT2D eigenvalue weighted by molar-refractivity contribution is 0.679. The smallest absolute Gasteiger partial charge is 0.0268 e. The van der Waals surface area contributed by atoms with Gasteiger partial charge < -0.3 is 0 Å². The Morgan fingerprint density at radius 2 is 1.13 bits per heavy atom. The molecule has 0 saturated carbocycles. The number of benzene rings is 1. The lowest BCUT2D eigenvalue weighted by Gasteiger charge is -2.18. The Bertz CT molecular complexity index is 415. The van der Waals surface area contributed by atoms with Crippen LogP contribution in [0, 0.1) is 0 Å². The molecule has 0 fully saturated rings. The maximum Gasteiger partial charge on any atom is -0.0268 e. The number of rotatable bonds is 12. The zero-order valence-electron chi connectivity index (χ0n) is 15.6. The van der Waals surface area contributed by atoms with Crippen LogP contribution in [0.3, 0.4) is 0 Å². The van der Waals surface area contributed by atoms with Crippen molar-refractivity contribution < 1.29 is 0 Å². The van der Waals surface area contributed by atoms with E-state index in [4.69, 9.17) is 0 Å². The SMILES string of the molecule is CCCCCc1ccc(P)c(CCCCC)c1CCCCC.I. The van der Waals surface area contributed by atoms with Crippen LogP contribution < -0.4 is 5.30 Å². The third kappa shape index (κ3) is 8.87. The number of halogens is 1. The molecule has 0 N–H and O–H groups in total. The largest absolute Gasteiger partial charge is 0.107 e. The summed E-state index contributed by atoms with van der Waals surface area (Å²) in [5.74, 6) is 0. The lowest BCUT2D eigenvalue weighted by Crippen LogP contribution is -2.11. The molecule has 0 aliphatic rings. The van der Waals surface area contributed by atoms with Crippen LogP contribution in [0.25, 0.3) is 0 Å². The molecule has 1 atom stereocenters. The van der Waals surface area contributed by atoms with E-state index in [-0.39, 0.29) is 24.0 Å². The van der Waals surface area contributed by atoms with Crippen LogP contribution in [0.2, 0.25) is 0 Å². The van der Waals surface area contributed by atoms with Gasteiger partial charge in [0.1, 0.15) is 0 Å². The summed E-state index contributed by atoms with van der Waals surface area (Å²) in [4.78, 5) is 0. The monoisotopic (exact) mass is 448 g/mol. The Morgan fingerprint density at radius 1 is 0.652 bits per heavy atom. The van der Waals surface area contributed by atoms with Crippen LogP contribution >= 0.6 is 33.2 Å². The normalized spacial score (nSPS) is 10.6. The number of hydrogen-bond donors (Lipinski definition) is 0. The standard InChI is InChI=1S/C21H37P.HI/c1-4-7-10-13-18-16-17-21(22)20(15-12-9-6-3)19(18)14-11-8-5-2;/h16-17H,4-15,22H2,1-3H3;1H. The zero-order valence-corrected chi connectivity index (χ0v) is 19.1. The third-order valence-corrected chi connectivity index (χ3v) is 5.22. The maximum absolute atomic E-state index is 2.99. The molecular formula is C21H38IP. The summed E-state index contributed by atoms with van der Waals surface area (Å²) in [7, 11) is 2.99. The summed E-state index contributed by atoms with van der Waals surface area (Å²) >= 11 is 0. The Hall–Kier alpha value is 0.380. The predicted octanol–water partition coefficient (Wildman–Crippen LogP) is 7.00. The van der Waals surface area contributed by atoms with Gasteiger partial charge in [0.15, 0.2) is 0 Å². The van der Waals surface area contributed by atoms with E-state index in [0.29, 0.717) is 0 Å². The van der Waals surface area contributed by atoms with Crippen LogP contribution in [0.1, 0.15) is 95.2 Å². The van der Waals surface area contributed by atoms with E-state index in [1.165, 1.54) is 82.4 Å². The van der Waals surface area contributed by atoms with Crippen molar-refractivity contribution in [2.45, 2.75) is 97.8 Å². The van der Waals surface area contributed by atoms with E-state index in [0.717, 1.165) is 0 Å². The molecule has 1 rings (SSSR count). The highest BCUT2D eigenvalue weighted by Gasteiger charge is 2.11. The average Bonchev–Trinajstić information content (AvgIpc) is 2.52. The third-order valence-electron chi connectivity index (χ3n) is 4.67. The van der Waals surface area contributed by atoms with Crippen LogP contribution in [0.15, 0.2) is 12.1 Å². The van der Waals surface area contributed by atoms with Crippen molar-refractivity contribution in [1.29, 1.82) is 0 Å². The Morgan fingerprint density at radius 3 is 1.65 bits per heavy atom. The predicted molar refractivity (Wildman–Crippen MR) is 121 cm³/mol. The molecule has 0 aliphatic heterocycles. The molecule has 2 heteroatoms. The van der Waals surface area contributed by atoms with Gasteiger partial charge >= 0.3 is 0 Å². The zero-order chi connectivity index (χ0) is 16.2. The first-order valence-electron chi connectivity index (χ1n) is 9.63. The molecule has 0 heterocycles. The van der Waals surface area contributed by atoms with E-state index in [1.54, 1.807) is 16.7 Å². The van der Waals surface area contributed by atoms with E-state index in [2.05, 4.69) is 42.1 Å². The highest BCUT2D eigenvalue weighted by Crippen LogP contribution is 2.22. The van der Waals surface area contributed by atoms with E-state index < -0.39 is 0 Å². The summed E-state index contributed by atoms with van der Waals surface area (Å²) < 4.78 is 0. The summed E-state index contributed by atoms with van der Waals surface area (Å²) in [5.41, 5.74) is 5.00. The molecule has 1 aromatic carbocycles. The Labute approximate surface area is 164 Å². The van der Waals surface area contributed by atoms with Crippen molar-refractivity contribution in [3.8, 4) is 0 Å². The second-order valence-electron chi connectivity index (χ2n) is 6.64. The fourth-order valence-electron chi connectivity index (χ4n) is 3.27. The van der Waals surface area contributed by atoms with Gasteiger partial charge in [0, 0.05) is 0 Å². The Balaban J connectivity index is 0.00000484. The highest BCUT2D eigenvalue weighted by molar-refractivity contribution is 14.0. The minimum absolute atomic E-state index is 0. The molecule has 1 aromatic rings. The molecule has 0 nitrogen and oxygen atoms in total. The maximum atomic E-state index is 2.99. The van der Waals surface area contributed by atoms with Crippen LogP contribution in [-0.2, 0) is 19.3 Å². The molecule has 0 amide bonds. The van der Waals surface area contributed by atoms with Crippen molar-refractivity contribution in [1.82, 2.24) is 0 Å². The van der Waals surface area contributed by atoms with Gasteiger partial charge in [-0.05, 0) is 60.5 Å². The second kappa shape index (κ2) is 14.7. The van der Waals surface area contributed by atoms with Crippen molar-refractivity contribution in [2.75, 3.05) is 0 Å². The summed E-state index contributed by atoms with van der Waals surface area (Å²) in [5, 5.41) is 1.45. The van der Waals surface area contributed by atoms with Gasteiger partial charge in [-0.2, -0.15) is 0 Å². The van der Waals surface area contributed by atoms with E-state index >= 15 is 0 Å². The first-order chi connectivity index (χ1) is 10.7. The second-order valence-corrected chi connectivity index (χ2v) is 7.26. The van der Waals surface area contributed by atoms with Gasteiger partial charge in [0.25, 0.3) is 0 Å². The first kappa shape index (κ1) is 23.4. The summed E-state index contributed by atoms with van der Waals surface area (Å²) in [6, 6.07) is 4.75. The minimum Gasteiger partial charge on any atom is -0.107 e. The molecular weight excluding hydrogens is 410 g/mol. The lowest BCUT2D eigenvalue weighted by atomic mass is 9.90. The number of unbranched alkanes of at least 4 members (excludes halogenated alkanes) is 6. The van der Waals surface area contributed by atoms with E-state index in [1.807, 2.05) is 0 Å². The molecule has 0 aliphatic carbocycles.